The van der Waals surface area contributed by atoms with Crippen LogP contribution in [-0.2, 0) is 4.74 Å². The highest BCUT2D eigenvalue weighted by molar-refractivity contribution is 6.31. The molecule has 0 spiro atoms. The number of methoxy groups -OCH3 is 1. The summed E-state index contributed by atoms with van der Waals surface area (Å²) in [7, 11) is 1.67. The van der Waals surface area contributed by atoms with E-state index in [4.69, 9.17) is 16.3 Å². The van der Waals surface area contributed by atoms with Crippen LogP contribution in [0.25, 0.3) is 0 Å². The molecule has 0 fully saturated rings. The Bertz CT molecular complexity index is 283. The molecule has 4 nitrogen and oxygen atoms in total. The predicted octanol–water partition coefficient (Wildman–Crippen LogP) is 1.60. The topological polar surface area (TPSA) is 38.2 Å². The number of likely N-dealkylation sites (N-methyl/N-ethyl adjacent to an activating group) is 1. The van der Waals surface area contributed by atoms with Gasteiger partial charge < -0.3 is 9.64 Å². The highest BCUT2D eigenvalue weighted by Crippen LogP contribution is 2.18. The molecule has 0 aliphatic rings. The minimum absolute atomic E-state index is 0.436. The van der Waals surface area contributed by atoms with Gasteiger partial charge in [-0.1, -0.05) is 11.6 Å². The summed E-state index contributed by atoms with van der Waals surface area (Å²) in [6.07, 6.45) is 3.21. The third-order valence-electron chi connectivity index (χ3n) is 1.88. The van der Waals surface area contributed by atoms with Gasteiger partial charge in [-0.3, -0.25) is 0 Å². The van der Waals surface area contributed by atoms with Crippen molar-refractivity contribution < 1.29 is 4.74 Å². The number of nitrogens with zero attached hydrogens (tertiary/aromatic N) is 3. The number of anilines is 1. The molecule has 0 saturated carbocycles. The largest absolute Gasteiger partial charge is 0.383 e. The Kier molecular flexibility index (Phi) is 4.62. The van der Waals surface area contributed by atoms with Gasteiger partial charge in [-0.15, -0.1) is 0 Å². The van der Waals surface area contributed by atoms with E-state index in [1.165, 1.54) is 0 Å². The summed E-state index contributed by atoms with van der Waals surface area (Å²) >= 11 is 5.92. The maximum Gasteiger partial charge on any atom is 0.171 e. The fourth-order valence-corrected chi connectivity index (χ4v) is 1.37. The minimum atomic E-state index is 0.436. The summed E-state index contributed by atoms with van der Waals surface area (Å²) in [6.45, 7) is 4.30. The van der Waals surface area contributed by atoms with E-state index in [2.05, 4.69) is 9.97 Å². The molecule has 0 bridgehead atoms. The van der Waals surface area contributed by atoms with Crippen LogP contribution in [-0.4, -0.2) is 36.8 Å². The average Bonchev–Trinajstić information content (AvgIpc) is 2.21. The Morgan fingerprint density at radius 2 is 2.14 bits per heavy atom. The summed E-state index contributed by atoms with van der Waals surface area (Å²) in [5.41, 5.74) is 0. The zero-order chi connectivity index (χ0) is 10.4. The normalized spacial score (nSPS) is 10.2. The van der Waals surface area contributed by atoms with E-state index in [0.29, 0.717) is 17.6 Å². The molecular weight excluding hydrogens is 202 g/mol. The lowest BCUT2D eigenvalue weighted by Gasteiger charge is -2.21. The lowest BCUT2D eigenvalue weighted by molar-refractivity contribution is 0.205. The van der Waals surface area contributed by atoms with Crippen molar-refractivity contribution in [1.82, 2.24) is 9.97 Å². The highest BCUT2D eigenvalue weighted by Gasteiger charge is 2.09. The van der Waals surface area contributed by atoms with Gasteiger partial charge in [0.15, 0.2) is 11.0 Å². The van der Waals surface area contributed by atoms with Crippen LogP contribution in [0.2, 0.25) is 5.15 Å². The quantitative estimate of drug-likeness (QED) is 0.748. The van der Waals surface area contributed by atoms with Gasteiger partial charge in [-0.2, -0.15) is 0 Å². The Labute approximate surface area is 88.9 Å². The van der Waals surface area contributed by atoms with E-state index in [9.17, 15) is 0 Å². The lowest BCUT2D eigenvalue weighted by Crippen LogP contribution is -2.28. The van der Waals surface area contributed by atoms with Gasteiger partial charge >= 0.3 is 0 Å². The molecule has 0 N–H and O–H groups in total. The molecule has 78 valence electrons. The molecule has 5 heteroatoms. The van der Waals surface area contributed by atoms with Crippen molar-refractivity contribution in [2.45, 2.75) is 6.92 Å². The molecule has 0 radical (unpaired) electrons. The highest BCUT2D eigenvalue weighted by atomic mass is 35.5. The SMILES string of the molecule is CCN(CCOC)c1nccnc1Cl. The molecule has 1 heterocycles. The number of hydrogen-bond acceptors (Lipinski definition) is 4. The molecule has 1 rings (SSSR count). The molecule has 1 aromatic heterocycles. The van der Waals surface area contributed by atoms with E-state index in [0.717, 1.165) is 13.1 Å². The number of ether oxygens (including phenoxy) is 1. The molecule has 0 atom stereocenters. The summed E-state index contributed by atoms with van der Waals surface area (Å²) < 4.78 is 5.00. The van der Waals surface area contributed by atoms with E-state index in [1.54, 1.807) is 19.5 Å². The van der Waals surface area contributed by atoms with E-state index >= 15 is 0 Å². The zero-order valence-corrected chi connectivity index (χ0v) is 9.16. The van der Waals surface area contributed by atoms with Crippen LogP contribution in [0.3, 0.4) is 0 Å². The van der Waals surface area contributed by atoms with Crippen molar-refractivity contribution in [3.05, 3.63) is 17.5 Å². The Balaban J connectivity index is 2.73. The van der Waals surface area contributed by atoms with Crippen LogP contribution in [0.5, 0.6) is 0 Å². The van der Waals surface area contributed by atoms with Crippen LogP contribution < -0.4 is 4.90 Å². The van der Waals surface area contributed by atoms with E-state index in [-0.39, 0.29) is 0 Å². The first-order valence-corrected chi connectivity index (χ1v) is 4.87. The lowest BCUT2D eigenvalue weighted by atomic mass is 10.4. The van der Waals surface area contributed by atoms with Gasteiger partial charge in [-0.25, -0.2) is 9.97 Å². The second-order valence-electron chi connectivity index (χ2n) is 2.74. The van der Waals surface area contributed by atoms with Gasteiger partial charge in [0.05, 0.1) is 6.61 Å². The predicted molar refractivity (Wildman–Crippen MR) is 56.8 cm³/mol. The van der Waals surface area contributed by atoms with E-state index in [1.807, 2.05) is 11.8 Å². The monoisotopic (exact) mass is 215 g/mol. The molecule has 0 aliphatic carbocycles. The molecular formula is C9H14ClN3O. The fraction of sp³-hybridized carbons (Fsp3) is 0.556. The van der Waals surface area contributed by atoms with Crippen molar-refractivity contribution in [1.29, 1.82) is 0 Å². The molecule has 0 saturated heterocycles. The van der Waals surface area contributed by atoms with Crippen LogP contribution in [0, 0.1) is 0 Å². The third kappa shape index (κ3) is 2.82. The van der Waals surface area contributed by atoms with Gasteiger partial charge in [0.1, 0.15) is 0 Å². The summed E-state index contributed by atoms with van der Waals surface area (Å²) in [6, 6.07) is 0. The van der Waals surface area contributed by atoms with Gasteiger partial charge in [-0.05, 0) is 6.92 Å². The number of rotatable bonds is 5. The fourth-order valence-electron chi connectivity index (χ4n) is 1.14. The summed E-state index contributed by atoms with van der Waals surface area (Å²) in [5, 5.41) is 0.436. The van der Waals surface area contributed by atoms with E-state index < -0.39 is 0 Å². The van der Waals surface area contributed by atoms with Gasteiger partial charge in [0.2, 0.25) is 0 Å². The van der Waals surface area contributed by atoms with Crippen LogP contribution in [0.15, 0.2) is 12.4 Å². The number of aromatic nitrogens is 2. The average molecular weight is 216 g/mol. The first kappa shape index (κ1) is 11.2. The summed E-state index contributed by atoms with van der Waals surface area (Å²) in [5.74, 6) is 0.716. The molecule has 0 unspecified atom stereocenters. The van der Waals surface area contributed by atoms with Crippen molar-refractivity contribution >= 4 is 17.4 Å². The molecule has 0 aliphatic heterocycles. The number of halogens is 1. The third-order valence-corrected chi connectivity index (χ3v) is 2.15. The number of hydrogen-bond donors (Lipinski definition) is 0. The molecule has 0 amide bonds. The minimum Gasteiger partial charge on any atom is -0.383 e. The molecule has 1 aromatic rings. The molecule has 14 heavy (non-hydrogen) atoms. The van der Waals surface area contributed by atoms with Gasteiger partial charge in [0, 0.05) is 32.6 Å². The van der Waals surface area contributed by atoms with Crippen molar-refractivity contribution in [3.63, 3.8) is 0 Å². The standard InChI is InChI=1S/C9H14ClN3O/c1-3-13(6-7-14-2)9-8(10)11-4-5-12-9/h4-5H,3,6-7H2,1-2H3. The maximum atomic E-state index is 5.92. The van der Waals surface area contributed by atoms with Crippen molar-refractivity contribution in [2.24, 2.45) is 0 Å². The second kappa shape index (κ2) is 5.78. The Morgan fingerprint density at radius 3 is 2.71 bits per heavy atom. The second-order valence-corrected chi connectivity index (χ2v) is 3.10. The van der Waals surface area contributed by atoms with Crippen LogP contribution >= 0.6 is 11.6 Å². The van der Waals surface area contributed by atoms with Crippen molar-refractivity contribution in [3.8, 4) is 0 Å². The smallest absolute Gasteiger partial charge is 0.171 e. The Hall–Kier alpha value is -0.870. The van der Waals surface area contributed by atoms with Gasteiger partial charge in [0.25, 0.3) is 0 Å². The first-order valence-electron chi connectivity index (χ1n) is 4.50. The molecule has 0 aromatic carbocycles. The Morgan fingerprint density at radius 1 is 1.43 bits per heavy atom. The van der Waals surface area contributed by atoms with Crippen LogP contribution in [0.1, 0.15) is 6.92 Å². The maximum absolute atomic E-state index is 5.92. The van der Waals surface area contributed by atoms with Crippen molar-refractivity contribution in [2.75, 3.05) is 31.7 Å². The summed E-state index contributed by atoms with van der Waals surface area (Å²) in [4.78, 5) is 10.2. The zero-order valence-electron chi connectivity index (χ0n) is 8.40. The van der Waals surface area contributed by atoms with Crippen LogP contribution in [0.4, 0.5) is 5.82 Å². The first-order chi connectivity index (χ1) is 6.79.